The molecule has 0 atom stereocenters. The van der Waals surface area contributed by atoms with Crippen LogP contribution in [0.4, 0.5) is 11.8 Å². The number of amides is 1. The number of hydrogen-bond donors (Lipinski definition) is 3. The van der Waals surface area contributed by atoms with Crippen LogP contribution in [0.3, 0.4) is 0 Å². The number of aryl methyl sites for hydroxylation is 1. The zero-order valence-corrected chi connectivity index (χ0v) is 14.8. The molecule has 0 radical (unpaired) electrons. The molecule has 0 aliphatic carbocycles. The molecular weight excluding hydrogens is 358 g/mol. The highest BCUT2D eigenvalue weighted by Gasteiger charge is 2.08. The van der Waals surface area contributed by atoms with Gasteiger partial charge in [0.05, 0.1) is 5.56 Å². The number of aromatic nitrogens is 2. The summed E-state index contributed by atoms with van der Waals surface area (Å²) in [6.45, 7) is 5.77. The Morgan fingerprint density at radius 2 is 1.96 bits per heavy atom. The lowest BCUT2D eigenvalue weighted by Gasteiger charge is -2.10. The highest BCUT2D eigenvalue weighted by molar-refractivity contribution is 9.10. The number of carbonyl (C=O) groups is 1. The minimum absolute atomic E-state index is 0.113. The van der Waals surface area contributed by atoms with Crippen LogP contribution in [-0.2, 0) is 0 Å². The van der Waals surface area contributed by atoms with Crippen molar-refractivity contribution in [3.05, 3.63) is 46.1 Å². The van der Waals surface area contributed by atoms with Gasteiger partial charge in [-0.1, -0.05) is 12.1 Å². The molecule has 23 heavy (non-hydrogen) atoms. The van der Waals surface area contributed by atoms with Crippen LogP contribution in [0.25, 0.3) is 0 Å². The van der Waals surface area contributed by atoms with Gasteiger partial charge in [-0.2, -0.15) is 4.98 Å². The molecule has 0 saturated carbocycles. The van der Waals surface area contributed by atoms with Crippen LogP contribution >= 0.6 is 15.9 Å². The number of benzene rings is 1. The Bertz CT molecular complexity index is 677. The number of nitrogens with zero attached hydrogens (tertiary/aromatic N) is 2. The number of rotatable bonds is 7. The molecule has 0 aliphatic rings. The lowest BCUT2D eigenvalue weighted by Crippen LogP contribution is -2.29. The maximum atomic E-state index is 12.1. The van der Waals surface area contributed by atoms with Gasteiger partial charge < -0.3 is 16.0 Å². The lowest BCUT2D eigenvalue weighted by atomic mass is 10.2. The summed E-state index contributed by atoms with van der Waals surface area (Å²) in [7, 11) is 0. The largest absolute Gasteiger partial charge is 0.370 e. The topological polar surface area (TPSA) is 78.9 Å². The zero-order valence-electron chi connectivity index (χ0n) is 13.2. The van der Waals surface area contributed by atoms with E-state index in [0.717, 1.165) is 22.5 Å². The lowest BCUT2D eigenvalue weighted by molar-refractivity contribution is 0.0954. The van der Waals surface area contributed by atoms with Gasteiger partial charge in [0.2, 0.25) is 5.95 Å². The van der Waals surface area contributed by atoms with E-state index in [9.17, 15) is 4.79 Å². The van der Waals surface area contributed by atoms with Gasteiger partial charge in [-0.3, -0.25) is 4.79 Å². The monoisotopic (exact) mass is 377 g/mol. The summed E-state index contributed by atoms with van der Waals surface area (Å²) in [5.41, 5.74) is 1.50. The SMILES string of the molecule is CCNc1cc(C)nc(NCCNC(=O)c2ccccc2Br)n1. The normalized spacial score (nSPS) is 10.2. The molecular formula is C16H20BrN5O. The summed E-state index contributed by atoms with van der Waals surface area (Å²) in [6, 6.07) is 9.22. The maximum Gasteiger partial charge on any atom is 0.252 e. The third-order valence-corrected chi connectivity index (χ3v) is 3.72. The molecule has 7 heteroatoms. The molecule has 1 heterocycles. The summed E-state index contributed by atoms with van der Waals surface area (Å²) in [4.78, 5) is 20.7. The number of carbonyl (C=O) groups excluding carboxylic acids is 1. The fourth-order valence-electron chi connectivity index (χ4n) is 2.01. The zero-order chi connectivity index (χ0) is 16.7. The molecule has 0 bridgehead atoms. The summed E-state index contributed by atoms with van der Waals surface area (Å²) in [5, 5.41) is 9.14. The van der Waals surface area contributed by atoms with Crippen molar-refractivity contribution in [3.63, 3.8) is 0 Å². The summed E-state index contributed by atoms with van der Waals surface area (Å²) in [5.74, 6) is 1.23. The molecule has 2 aromatic rings. The van der Waals surface area contributed by atoms with Gasteiger partial charge in [0, 0.05) is 35.9 Å². The highest BCUT2D eigenvalue weighted by atomic mass is 79.9. The minimum Gasteiger partial charge on any atom is -0.370 e. The molecule has 6 nitrogen and oxygen atoms in total. The van der Waals surface area contributed by atoms with Crippen LogP contribution < -0.4 is 16.0 Å². The predicted molar refractivity (Wildman–Crippen MR) is 95.9 cm³/mol. The molecule has 1 aromatic carbocycles. The molecule has 1 aromatic heterocycles. The Kier molecular flexibility index (Phi) is 6.34. The molecule has 122 valence electrons. The second-order valence-electron chi connectivity index (χ2n) is 4.91. The van der Waals surface area contributed by atoms with Gasteiger partial charge in [-0.15, -0.1) is 0 Å². The van der Waals surface area contributed by atoms with E-state index < -0.39 is 0 Å². The Hall–Kier alpha value is -2.15. The van der Waals surface area contributed by atoms with Crippen LogP contribution in [0.2, 0.25) is 0 Å². The second-order valence-corrected chi connectivity index (χ2v) is 5.77. The molecule has 0 unspecified atom stereocenters. The number of anilines is 2. The van der Waals surface area contributed by atoms with E-state index in [0.29, 0.717) is 24.6 Å². The van der Waals surface area contributed by atoms with Crippen molar-refractivity contribution in [2.75, 3.05) is 30.3 Å². The van der Waals surface area contributed by atoms with Crippen LogP contribution in [0.1, 0.15) is 23.0 Å². The number of hydrogen-bond acceptors (Lipinski definition) is 5. The van der Waals surface area contributed by atoms with E-state index in [-0.39, 0.29) is 5.91 Å². The van der Waals surface area contributed by atoms with Crippen LogP contribution in [0.5, 0.6) is 0 Å². The average molecular weight is 378 g/mol. The van der Waals surface area contributed by atoms with Crippen molar-refractivity contribution in [3.8, 4) is 0 Å². The van der Waals surface area contributed by atoms with Gasteiger partial charge in [-0.25, -0.2) is 4.98 Å². The fourth-order valence-corrected chi connectivity index (χ4v) is 2.48. The van der Waals surface area contributed by atoms with Crippen molar-refractivity contribution in [2.24, 2.45) is 0 Å². The van der Waals surface area contributed by atoms with Crippen molar-refractivity contribution in [1.82, 2.24) is 15.3 Å². The molecule has 0 aliphatic heterocycles. The first-order chi connectivity index (χ1) is 11.1. The summed E-state index contributed by atoms with van der Waals surface area (Å²) in [6.07, 6.45) is 0. The minimum atomic E-state index is -0.113. The van der Waals surface area contributed by atoms with Gasteiger partial charge >= 0.3 is 0 Å². The van der Waals surface area contributed by atoms with Crippen molar-refractivity contribution in [1.29, 1.82) is 0 Å². The quantitative estimate of drug-likeness (QED) is 0.646. The molecule has 2 rings (SSSR count). The summed E-state index contributed by atoms with van der Waals surface area (Å²) >= 11 is 3.37. The standard InChI is InChI=1S/C16H20BrN5O/c1-3-18-14-10-11(2)21-16(22-14)20-9-8-19-15(23)12-6-4-5-7-13(12)17/h4-7,10H,3,8-9H2,1-2H3,(H,19,23)(H2,18,20,21,22). The average Bonchev–Trinajstić information content (AvgIpc) is 2.51. The number of nitrogens with one attached hydrogen (secondary N) is 3. The third kappa shape index (κ3) is 5.21. The maximum absolute atomic E-state index is 12.1. The first kappa shape index (κ1) is 17.2. The first-order valence-corrected chi connectivity index (χ1v) is 8.25. The van der Waals surface area contributed by atoms with E-state index in [4.69, 9.17) is 0 Å². The van der Waals surface area contributed by atoms with Gasteiger partial charge in [0.25, 0.3) is 5.91 Å². The smallest absolute Gasteiger partial charge is 0.252 e. The van der Waals surface area contributed by atoms with Crippen molar-refractivity contribution < 1.29 is 4.79 Å². The second kappa shape index (κ2) is 8.47. The van der Waals surface area contributed by atoms with E-state index in [1.165, 1.54) is 0 Å². The van der Waals surface area contributed by atoms with Crippen molar-refractivity contribution >= 4 is 33.6 Å². The van der Waals surface area contributed by atoms with E-state index in [2.05, 4.69) is 41.8 Å². The van der Waals surface area contributed by atoms with E-state index in [1.807, 2.05) is 38.1 Å². The summed E-state index contributed by atoms with van der Waals surface area (Å²) < 4.78 is 0.780. The molecule has 1 amide bonds. The van der Waals surface area contributed by atoms with Gasteiger partial charge in [0.15, 0.2) is 0 Å². The highest BCUT2D eigenvalue weighted by Crippen LogP contribution is 2.15. The van der Waals surface area contributed by atoms with Crippen molar-refractivity contribution in [2.45, 2.75) is 13.8 Å². The van der Waals surface area contributed by atoms with Crippen LogP contribution in [-0.4, -0.2) is 35.5 Å². The first-order valence-electron chi connectivity index (χ1n) is 7.46. The third-order valence-electron chi connectivity index (χ3n) is 3.02. The molecule has 0 saturated heterocycles. The number of halogens is 1. The fraction of sp³-hybridized carbons (Fsp3) is 0.312. The van der Waals surface area contributed by atoms with Crippen LogP contribution in [0, 0.1) is 6.92 Å². The Morgan fingerprint density at radius 1 is 1.17 bits per heavy atom. The van der Waals surface area contributed by atoms with Gasteiger partial charge in [-0.05, 0) is 41.9 Å². The molecule has 3 N–H and O–H groups in total. The van der Waals surface area contributed by atoms with E-state index in [1.54, 1.807) is 6.07 Å². The van der Waals surface area contributed by atoms with Gasteiger partial charge in [0.1, 0.15) is 5.82 Å². The predicted octanol–water partition coefficient (Wildman–Crippen LogP) is 2.82. The van der Waals surface area contributed by atoms with Crippen LogP contribution in [0.15, 0.2) is 34.8 Å². The van der Waals surface area contributed by atoms with E-state index >= 15 is 0 Å². The Morgan fingerprint density at radius 3 is 2.70 bits per heavy atom. The molecule has 0 fully saturated rings. The molecule has 0 spiro atoms. The Labute approximate surface area is 144 Å². The Balaban J connectivity index is 1.84.